The van der Waals surface area contributed by atoms with Crippen molar-refractivity contribution in [2.45, 2.75) is 24.3 Å². The van der Waals surface area contributed by atoms with Gasteiger partial charge in [-0.1, -0.05) is 25.1 Å². The molecule has 0 saturated heterocycles. The molecule has 0 radical (unpaired) electrons. The van der Waals surface area contributed by atoms with Crippen LogP contribution in [0.25, 0.3) is 0 Å². The summed E-state index contributed by atoms with van der Waals surface area (Å²) in [5.41, 5.74) is 1.54. The molecule has 0 aliphatic heterocycles. The highest BCUT2D eigenvalue weighted by Crippen LogP contribution is 2.24. The molecule has 0 aliphatic carbocycles. The summed E-state index contributed by atoms with van der Waals surface area (Å²) in [4.78, 5) is 0.265. The average Bonchev–Trinajstić information content (AvgIpc) is 2.44. The zero-order valence-electron chi connectivity index (χ0n) is 12.0. The smallest absolute Gasteiger partial charge is 0.175 e. The minimum absolute atomic E-state index is 0.0736. The van der Waals surface area contributed by atoms with Crippen molar-refractivity contribution in [1.82, 2.24) is 0 Å². The fraction of sp³-hybridized carbons (Fsp3) is 0.250. The predicted molar refractivity (Wildman–Crippen MR) is 82.6 cm³/mol. The molecule has 1 N–H and O–H groups in total. The maximum Gasteiger partial charge on any atom is 0.175 e. The van der Waals surface area contributed by atoms with Crippen LogP contribution in [0, 0.1) is 5.82 Å². The van der Waals surface area contributed by atoms with Crippen molar-refractivity contribution < 1.29 is 12.8 Å². The molecule has 0 aromatic heterocycles. The third-order valence-corrected chi connectivity index (χ3v) is 4.37. The summed E-state index contributed by atoms with van der Waals surface area (Å²) in [6.07, 6.45) is 1.93. The molecule has 0 heterocycles. The summed E-state index contributed by atoms with van der Waals surface area (Å²) in [5, 5.41) is 3.25. The Bertz CT molecular complexity index is 729. The number of anilines is 1. The van der Waals surface area contributed by atoms with Gasteiger partial charge in [0.25, 0.3) is 0 Å². The normalized spacial score (nSPS) is 12.9. The van der Waals surface area contributed by atoms with Crippen LogP contribution in [-0.4, -0.2) is 14.7 Å². The number of hydrogen-bond donors (Lipinski definition) is 1. The van der Waals surface area contributed by atoms with Crippen molar-refractivity contribution in [3.05, 3.63) is 59.9 Å². The molecule has 0 fully saturated rings. The van der Waals surface area contributed by atoms with E-state index in [1.165, 1.54) is 18.4 Å². The lowest BCUT2D eigenvalue weighted by Crippen LogP contribution is -2.10. The van der Waals surface area contributed by atoms with E-state index in [0.717, 1.165) is 12.0 Å². The van der Waals surface area contributed by atoms with Crippen LogP contribution < -0.4 is 5.32 Å². The van der Waals surface area contributed by atoms with E-state index >= 15 is 0 Å². The molecule has 112 valence electrons. The zero-order chi connectivity index (χ0) is 15.5. The summed E-state index contributed by atoms with van der Waals surface area (Å²) in [6.45, 7) is 1.99. The Morgan fingerprint density at radius 3 is 2.48 bits per heavy atom. The summed E-state index contributed by atoms with van der Waals surface area (Å²) in [5.74, 6) is -0.280. The predicted octanol–water partition coefficient (Wildman–Crippen LogP) is 3.79. The van der Waals surface area contributed by atoms with Crippen molar-refractivity contribution in [2.24, 2.45) is 0 Å². The van der Waals surface area contributed by atoms with Crippen molar-refractivity contribution >= 4 is 15.5 Å². The first-order chi connectivity index (χ1) is 9.90. The van der Waals surface area contributed by atoms with Crippen LogP contribution in [0.4, 0.5) is 10.1 Å². The van der Waals surface area contributed by atoms with Gasteiger partial charge < -0.3 is 5.32 Å². The molecule has 0 aliphatic rings. The van der Waals surface area contributed by atoms with Crippen molar-refractivity contribution in [1.29, 1.82) is 0 Å². The van der Waals surface area contributed by atoms with Gasteiger partial charge in [-0.05, 0) is 42.3 Å². The highest BCUT2D eigenvalue weighted by molar-refractivity contribution is 7.90. The Morgan fingerprint density at radius 2 is 1.86 bits per heavy atom. The number of halogens is 1. The molecular formula is C16H18FNO2S. The fourth-order valence-corrected chi connectivity index (χ4v) is 2.83. The Morgan fingerprint density at radius 1 is 1.14 bits per heavy atom. The summed E-state index contributed by atoms with van der Waals surface area (Å²) >= 11 is 0. The quantitative estimate of drug-likeness (QED) is 0.914. The van der Waals surface area contributed by atoms with Crippen LogP contribution in [0.1, 0.15) is 24.9 Å². The highest BCUT2D eigenvalue weighted by Gasteiger charge is 2.12. The number of benzene rings is 2. The number of sulfone groups is 1. The van der Waals surface area contributed by atoms with E-state index < -0.39 is 9.84 Å². The van der Waals surface area contributed by atoms with Crippen LogP contribution in [0.3, 0.4) is 0 Å². The molecule has 5 heteroatoms. The standard InChI is InChI=1S/C16H18FNO2S/c1-3-16(12-6-4-7-13(17)10-12)18-14-8-5-9-15(11-14)21(2,19)20/h4-11,16,18H,3H2,1-2H3. The number of hydrogen-bond acceptors (Lipinski definition) is 3. The van der Waals surface area contributed by atoms with Crippen LogP contribution in [0.15, 0.2) is 53.4 Å². The van der Waals surface area contributed by atoms with E-state index in [9.17, 15) is 12.8 Å². The van der Waals surface area contributed by atoms with Crippen LogP contribution >= 0.6 is 0 Å². The molecule has 1 atom stereocenters. The van der Waals surface area contributed by atoms with Gasteiger partial charge in [0.05, 0.1) is 10.9 Å². The van der Waals surface area contributed by atoms with Gasteiger partial charge in [-0.25, -0.2) is 12.8 Å². The third-order valence-electron chi connectivity index (χ3n) is 3.26. The molecule has 3 nitrogen and oxygen atoms in total. The van der Waals surface area contributed by atoms with Gasteiger partial charge in [0.1, 0.15) is 5.82 Å². The summed E-state index contributed by atoms with van der Waals surface area (Å²) < 4.78 is 36.5. The largest absolute Gasteiger partial charge is 0.378 e. The first kappa shape index (κ1) is 15.5. The lowest BCUT2D eigenvalue weighted by molar-refractivity contribution is 0.602. The van der Waals surface area contributed by atoms with Gasteiger partial charge in [0.2, 0.25) is 0 Å². The van der Waals surface area contributed by atoms with Gasteiger partial charge in [0.15, 0.2) is 9.84 Å². The maximum atomic E-state index is 13.3. The molecule has 0 saturated carbocycles. The number of nitrogens with one attached hydrogen (secondary N) is 1. The van der Waals surface area contributed by atoms with Gasteiger partial charge >= 0.3 is 0 Å². The van der Waals surface area contributed by atoms with Crippen molar-refractivity contribution in [2.75, 3.05) is 11.6 Å². The second-order valence-corrected chi connectivity index (χ2v) is 6.98. The lowest BCUT2D eigenvalue weighted by Gasteiger charge is -2.19. The summed E-state index contributed by atoms with van der Waals surface area (Å²) in [7, 11) is -3.24. The molecule has 0 bridgehead atoms. The molecule has 2 rings (SSSR count). The van der Waals surface area contributed by atoms with E-state index in [0.29, 0.717) is 5.69 Å². The SMILES string of the molecule is CCC(Nc1cccc(S(C)(=O)=O)c1)c1cccc(F)c1. The topological polar surface area (TPSA) is 46.2 Å². The van der Waals surface area contributed by atoms with Crippen LogP contribution in [0.2, 0.25) is 0 Å². The monoisotopic (exact) mass is 307 g/mol. The Labute approximate surface area is 124 Å². The molecule has 2 aromatic carbocycles. The average molecular weight is 307 g/mol. The summed E-state index contributed by atoms with van der Waals surface area (Å²) in [6, 6.07) is 13.0. The molecule has 2 aromatic rings. The van der Waals surface area contributed by atoms with E-state index in [2.05, 4.69) is 5.32 Å². The molecular weight excluding hydrogens is 289 g/mol. The minimum atomic E-state index is -3.24. The van der Waals surface area contributed by atoms with E-state index in [-0.39, 0.29) is 16.8 Å². The first-order valence-corrected chi connectivity index (χ1v) is 8.61. The highest BCUT2D eigenvalue weighted by atomic mass is 32.2. The molecule has 21 heavy (non-hydrogen) atoms. The second kappa shape index (κ2) is 6.26. The van der Waals surface area contributed by atoms with E-state index in [1.54, 1.807) is 30.3 Å². The molecule has 0 spiro atoms. The van der Waals surface area contributed by atoms with Gasteiger partial charge in [-0.15, -0.1) is 0 Å². The Balaban J connectivity index is 2.27. The van der Waals surface area contributed by atoms with Crippen molar-refractivity contribution in [3.63, 3.8) is 0 Å². The zero-order valence-corrected chi connectivity index (χ0v) is 12.8. The van der Waals surface area contributed by atoms with E-state index in [4.69, 9.17) is 0 Å². The van der Waals surface area contributed by atoms with E-state index in [1.807, 2.05) is 13.0 Å². The minimum Gasteiger partial charge on any atom is -0.378 e. The first-order valence-electron chi connectivity index (χ1n) is 6.72. The number of rotatable bonds is 5. The molecule has 0 amide bonds. The van der Waals surface area contributed by atoms with Crippen LogP contribution in [-0.2, 0) is 9.84 Å². The fourth-order valence-electron chi connectivity index (χ4n) is 2.16. The Hall–Kier alpha value is -1.88. The maximum absolute atomic E-state index is 13.3. The lowest BCUT2D eigenvalue weighted by atomic mass is 10.0. The second-order valence-electron chi connectivity index (χ2n) is 4.96. The van der Waals surface area contributed by atoms with Gasteiger partial charge in [0, 0.05) is 11.9 Å². The third kappa shape index (κ3) is 4.04. The van der Waals surface area contributed by atoms with Gasteiger partial charge in [-0.3, -0.25) is 0 Å². The van der Waals surface area contributed by atoms with Crippen molar-refractivity contribution in [3.8, 4) is 0 Å². The molecule has 1 unspecified atom stereocenters. The Kier molecular flexibility index (Phi) is 4.63. The van der Waals surface area contributed by atoms with Crippen LogP contribution in [0.5, 0.6) is 0 Å². The van der Waals surface area contributed by atoms with Gasteiger partial charge in [-0.2, -0.15) is 0 Å².